The Labute approximate surface area is 255 Å². The highest BCUT2D eigenvalue weighted by Crippen LogP contribution is 2.18. The number of hydrogen-bond acceptors (Lipinski definition) is 3. The van der Waals surface area contributed by atoms with E-state index >= 15 is 0 Å². The van der Waals surface area contributed by atoms with Crippen molar-refractivity contribution in [1.29, 1.82) is 0 Å². The normalized spacial score (nSPS) is 12.2. The van der Waals surface area contributed by atoms with Gasteiger partial charge >= 0.3 is 11.9 Å². The Morgan fingerprint density at radius 2 is 0.902 bits per heavy atom. The minimum Gasteiger partial charge on any atom is -0.481 e. The van der Waals surface area contributed by atoms with Gasteiger partial charge in [-0.1, -0.05) is 167 Å². The van der Waals surface area contributed by atoms with Gasteiger partial charge in [-0.2, -0.15) is 0 Å². The van der Waals surface area contributed by atoms with E-state index in [0.717, 1.165) is 19.3 Å². The third kappa shape index (κ3) is 31.4. The average Bonchev–Trinajstić information content (AvgIpc) is 2.96. The van der Waals surface area contributed by atoms with Crippen LogP contribution in [-0.4, -0.2) is 23.7 Å². The molecule has 0 aliphatic rings. The number of aliphatic carboxylic acids is 1. The van der Waals surface area contributed by atoms with Crippen molar-refractivity contribution in [2.75, 3.05) is 6.61 Å². The number of carboxylic acids is 1. The maximum atomic E-state index is 12.0. The van der Waals surface area contributed by atoms with E-state index in [1.54, 1.807) is 0 Å². The Hall–Kier alpha value is -1.32. The molecule has 41 heavy (non-hydrogen) atoms. The van der Waals surface area contributed by atoms with Crippen LogP contribution in [-0.2, 0) is 14.3 Å². The first-order valence-corrected chi connectivity index (χ1v) is 18.1. The summed E-state index contributed by atoms with van der Waals surface area (Å²) in [4.78, 5) is 23.1. The van der Waals surface area contributed by atoms with Crippen LogP contribution in [0.25, 0.3) is 0 Å². The molecule has 0 aromatic heterocycles. The summed E-state index contributed by atoms with van der Waals surface area (Å²) in [5, 5.41) is 9.05. The largest absolute Gasteiger partial charge is 0.481 e. The van der Waals surface area contributed by atoms with Gasteiger partial charge in [-0.05, 0) is 38.5 Å². The standard InChI is InChI=1S/C37H70O4/c1-3-5-6-7-8-9-10-11-12-13-14-15-16-17-18-19-20-21-22-23-24-25-26-27-28-29-30-31-32-35(34-36(38)39)37(40)41-33-4-2/h15-16,35H,3-14,17-34H2,1-2H3,(H,38,39)/b16-15+. The van der Waals surface area contributed by atoms with Crippen LogP contribution >= 0.6 is 0 Å². The molecular formula is C37H70O4. The molecule has 0 aliphatic heterocycles. The van der Waals surface area contributed by atoms with Gasteiger partial charge in [0.05, 0.1) is 18.9 Å². The van der Waals surface area contributed by atoms with E-state index in [2.05, 4.69) is 19.1 Å². The summed E-state index contributed by atoms with van der Waals surface area (Å²) in [5.41, 5.74) is 0. The zero-order chi connectivity index (χ0) is 30.1. The molecular weight excluding hydrogens is 508 g/mol. The maximum Gasteiger partial charge on any atom is 0.309 e. The number of rotatable bonds is 33. The van der Waals surface area contributed by atoms with Gasteiger partial charge in [-0.3, -0.25) is 9.59 Å². The van der Waals surface area contributed by atoms with E-state index in [-0.39, 0.29) is 12.4 Å². The van der Waals surface area contributed by atoms with E-state index in [9.17, 15) is 9.59 Å². The average molecular weight is 579 g/mol. The van der Waals surface area contributed by atoms with E-state index in [1.807, 2.05) is 6.92 Å². The molecule has 1 atom stereocenters. The second-order valence-corrected chi connectivity index (χ2v) is 12.4. The van der Waals surface area contributed by atoms with Crippen molar-refractivity contribution in [2.45, 2.75) is 200 Å². The molecule has 0 aliphatic carbocycles. The molecule has 0 fully saturated rings. The van der Waals surface area contributed by atoms with Crippen molar-refractivity contribution in [2.24, 2.45) is 5.92 Å². The lowest BCUT2D eigenvalue weighted by Gasteiger charge is -2.13. The molecule has 4 nitrogen and oxygen atoms in total. The molecule has 0 bridgehead atoms. The second kappa shape index (κ2) is 33.2. The summed E-state index contributed by atoms with van der Waals surface area (Å²) in [6.07, 6.45) is 41.0. The SMILES string of the molecule is CCCCCCCCCCCC/C=C/CCCCCCCCCCCCCCCCC(CC(=O)O)C(=O)OCCC. The van der Waals surface area contributed by atoms with E-state index in [4.69, 9.17) is 9.84 Å². The van der Waals surface area contributed by atoms with Gasteiger partial charge in [0.25, 0.3) is 0 Å². The van der Waals surface area contributed by atoms with Crippen molar-refractivity contribution in [1.82, 2.24) is 0 Å². The fraction of sp³-hybridized carbons (Fsp3) is 0.892. The van der Waals surface area contributed by atoms with Crippen LogP contribution in [0.1, 0.15) is 200 Å². The van der Waals surface area contributed by atoms with Crippen LogP contribution in [0.15, 0.2) is 12.2 Å². The van der Waals surface area contributed by atoms with E-state index < -0.39 is 11.9 Å². The Kier molecular flexibility index (Phi) is 32.1. The molecule has 0 spiro atoms. The van der Waals surface area contributed by atoms with Gasteiger partial charge < -0.3 is 9.84 Å². The van der Waals surface area contributed by atoms with Crippen molar-refractivity contribution in [3.63, 3.8) is 0 Å². The van der Waals surface area contributed by atoms with Crippen LogP contribution in [0.3, 0.4) is 0 Å². The maximum absolute atomic E-state index is 12.0. The molecule has 0 rings (SSSR count). The molecule has 0 aromatic rings. The molecule has 1 N–H and O–H groups in total. The molecule has 4 heteroatoms. The third-order valence-corrected chi connectivity index (χ3v) is 8.27. The lowest BCUT2D eigenvalue weighted by atomic mass is 9.97. The number of carbonyl (C=O) groups excluding carboxylic acids is 1. The Morgan fingerprint density at radius 3 is 1.27 bits per heavy atom. The summed E-state index contributed by atoms with van der Waals surface area (Å²) < 4.78 is 5.16. The fourth-order valence-electron chi connectivity index (χ4n) is 5.59. The highest BCUT2D eigenvalue weighted by molar-refractivity contribution is 5.79. The highest BCUT2D eigenvalue weighted by Gasteiger charge is 2.22. The fourth-order valence-corrected chi connectivity index (χ4v) is 5.59. The monoisotopic (exact) mass is 579 g/mol. The molecule has 242 valence electrons. The van der Waals surface area contributed by atoms with Gasteiger partial charge in [-0.15, -0.1) is 0 Å². The number of unbranched alkanes of at least 4 members (excludes halogenated alkanes) is 24. The Morgan fingerprint density at radius 1 is 0.537 bits per heavy atom. The minimum absolute atomic E-state index is 0.112. The summed E-state index contributed by atoms with van der Waals surface area (Å²) in [6.45, 7) is 4.62. The van der Waals surface area contributed by atoms with Crippen LogP contribution < -0.4 is 0 Å². The quantitative estimate of drug-likeness (QED) is 0.0478. The van der Waals surface area contributed by atoms with Gasteiger partial charge in [0.2, 0.25) is 0 Å². The van der Waals surface area contributed by atoms with Crippen molar-refractivity contribution in [3.05, 3.63) is 12.2 Å². The number of ether oxygens (including phenoxy) is 1. The van der Waals surface area contributed by atoms with Crippen LogP contribution in [0.2, 0.25) is 0 Å². The Bertz CT molecular complexity index is 585. The van der Waals surface area contributed by atoms with Crippen molar-refractivity contribution >= 4 is 11.9 Å². The topological polar surface area (TPSA) is 63.6 Å². The molecule has 0 heterocycles. The number of carbonyl (C=O) groups is 2. The third-order valence-electron chi connectivity index (χ3n) is 8.27. The first-order valence-electron chi connectivity index (χ1n) is 18.1. The number of carboxylic acid groups (broad SMARTS) is 1. The molecule has 0 radical (unpaired) electrons. The second-order valence-electron chi connectivity index (χ2n) is 12.4. The zero-order valence-corrected chi connectivity index (χ0v) is 27.6. The first kappa shape index (κ1) is 39.7. The van der Waals surface area contributed by atoms with Crippen LogP contribution in [0.5, 0.6) is 0 Å². The highest BCUT2D eigenvalue weighted by atomic mass is 16.5. The first-order chi connectivity index (χ1) is 20.1. The number of allylic oxidation sites excluding steroid dienone is 2. The zero-order valence-electron chi connectivity index (χ0n) is 27.6. The lowest BCUT2D eigenvalue weighted by molar-refractivity contribution is -0.153. The summed E-state index contributed by atoms with van der Waals surface area (Å²) >= 11 is 0. The van der Waals surface area contributed by atoms with Gasteiger partial charge in [0.1, 0.15) is 0 Å². The van der Waals surface area contributed by atoms with Crippen LogP contribution in [0, 0.1) is 5.92 Å². The molecule has 1 unspecified atom stereocenters. The molecule has 0 saturated carbocycles. The number of hydrogen-bond donors (Lipinski definition) is 1. The molecule has 0 aromatic carbocycles. The van der Waals surface area contributed by atoms with E-state index in [0.29, 0.717) is 13.0 Å². The van der Waals surface area contributed by atoms with Gasteiger partial charge in [0, 0.05) is 0 Å². The minimum atomic E-state index is -0.916. The predicted octanol–water partition coefficient (Wildman–Crippen LogP) is 12.1. The summed E-state index contributed by atoms with van der Waals surface area (Å²) in [5.74, 6) is -1.74. The van der Waals surface area contributed by atoms with Gasteiger partial charge in [0.15, 0.2) is 0 Å². The predicted molar refractivity (Wildman–Crippen MR) is 176 cm³/mol. The smallest absolute Gasteiger partial charge is 0.309 e. The van der Waals surface area contributed by atoms with Crippen molar-refractivity contribution in [3.8, 4) is 0 Å². The summed E-state index contributed by atoms with van der Waals surface area (Å²) in [6, 6.07) is 0. The van der Waals surface area contributed by atoms with E-state index in [1.165, 1.54) is 154 Å². The number of esters is 1. The summed E-state index contributed by atoms with van der Waals surface area (Å²) in [7, 11) is 0. The Balaban J connectivity index is 3.33. The molecule has 0 saturated heterocycles. The van der Waals surface area contributed by atoms with Crippen molar-refractivity contribution < 1.29 is 19.4 Å². The van der Waals surface area contributed by atoms with Gasteiger partial charge in [-0.25, -0.2) is 0 Å². The van der Waals surface area contributed by atoms with Crippen LogP contribution in [0.4, 0.5) is 0 Å². The molecule has 0 amide bonds. The lowest BCUT2D eigenvalue weighted by Crippen LogP contribution is -2.21.